The van der Waals surface area contributed by atoms with Crippen LogP contribution in [-0.2, 0) is 11.2 Å². The van der Waals surface area contributed by atoms with Crippen LogP contribution >= 0.6 is 24.0 Å². The molecule has 0 aromatic heterocycles. The van der Waals surface area contributed by atoms with Gasteiger partial charge < -0.3 is 15.4 Å². The molecule has 0 saturated carbocycles. The van der Waals surface area contributed by atoms with Gasteiger partial charge in [0.2, 0.25) is 0 Å². The molecule has 0 heterocycles. The molecular weight excluding hydrogens is 405 g/mol. The lowest BCUT2D eigenvalue weighted by Crippen LogP contribution is -2.47. The third-order valence-electron chi connectivity index (χ3n) is 2.88. The van der Waals surface area contributed by atoms with E-state index < -0.39 is 0 Å². The van der Waals surface area contributed by atoms with E-state index in [4.69, 9.17) is 0 Å². The van der Waals surface area contributed by atoms with Crippen molar-refractivity contribution in [3.8, 4) is 0 Å². The van der Waals surface area contributed by atoms with Crippen LogP contribution in [0.2, 0.25) is 0 Å². The van der Waals surface area contributed by atoms with Crippen molar-refractivity contribution in [1.82, 2.24) is 10.6 Å². The number of esters is 1. The largest absolute Gasteiger partial charge is 0.465 e. The summed E-state index contributed by atoms with van der Waals surface area (Å²) in [6.07, 6.45) is 0.822. The van der Waals surface area contributed by atoms with Gasteiger partial charge in [-0.05, 0) is 51.8 Å². The van der Waals surface area contributed by atoms with E-state index in [1.54, 1.807) is 12.1 Å². The second-order valence-corrected chi connectivity index (χ2v) is 6.07. The van der Waals surface area contributed by atoms with E-state index in [9.17, 15) is 4.79 Å². The second kappa shape index (κ2) is 10.5. The fourth-order valence-corrected chi connectivity index (χ4v) is 1.88. The van der Waals surface area contributed by atoms with Crippen LogP contribution in [0, 0.1) is 0 Å². The highest BCUT2D eigenvalue weighted by Gasteiger charge is 2.11. The number of hydrogen-bond donors (Lipinski definition) is 2. The Kier molecular flexibility index (Phi) is 9.87. The summed E-state index contributed by atoms with van der Waals surface area (Å²) < 4.78 is 4.68. The first-order valence-corrected chi connectivity index (χ1v) is 7.59. The maximum atomic E-state index is 11.4. The van der Waals surface area contributed by atoms with Crippen molar-refractivity contribution in [2.45, 2.75) is 39.7 Å². The van der Waals surface area contributed by atoms with Crippen molar-refractivity contribution in [2.24, 2.45) is 4.99 Å². The van der Waals surface area contributed by atoms with Gasteiger partial charge in [0, 0.05) is 18.6 Å². The zero-order chi connectivity index (χ0) is 16.6. The Balaban J connectivity index is 0.00000484. The van der Waals surface area contributed by atoms with Gasteiger partial charge in [-0.15, -0.1) is 24.0 Å². The van der Waals surface area contributed by atoms with Gasteiger partial charge in [0.05, 0.1) is 12.7 Å². The number of halogens is 1. The number of nitrogens with one attached hydrogen (secondary N) is 2. The van der Waals surface area contributed by atoms with Crippen molar-refractivity contribution < 1.29 is 9.53 Å². The Hall–Kier alpha value is -1.31. The molecule has 0 aliphatic carbocycles. The van der Waals surface area contributed by atoms with Gasteiger partial charge in [0.25, 0.3) is 0 Å². The summed E-state index contributed by atoms with van der Waals surface area (Å²) in [5, 5.41) is 6.59. The van der Waals surface area contributed by atoms with Crippen molar-refractivity contribution in [3.63, 3.8) is 0 Å². The zero-order valence-corrected chi connectivity index (χ0v) is 16.9. The van der Waals surface area contributed by atoms with E-state index in [0.29, 0.717) is 12.1 Å². The molecule has 0 unspecified atom stereocenters. The summed E-state index contributed by atoms with van der Waals surface area (Å²) in [5.41, 5.74) is 1.68. The monoisotopic (exact) mass is 433 g/mol. The van der Waals surface area contributed by atoms with Crippen LogP contribution in [0.15, 0.2) is 29.3 Å². The molecule has 130 valence electrons. The number of carbonyl (C=O) groups is 1. The molecule has 1 rings (SSSR count). The number of benzene rings is 1. The smallest absolute Gasteiger partial charge is 0.337 e. The molecule has 0 aliphatic rings. The molecule has 6 heteroatoms. The van der Waals surface area contributed by atoms with Gasteiger partial charge in [-0.25, -0.2) is 4.79 Å². The van der Waals surface area contributed by atoms with Crippen LogP contribution in [0.5, 0.6) is 0 Å². The first-order valence-electron chi connectivity index (χ1n) is 7.59. The Bertz CT molecular complexity index is 508. The van der Waals surface area contributed by atoms with E-state index in [-0.39, 0.29) is 35.5 Å². The standard InChI is InChI=1S/C17H27N3O2.HI/c1-6-18-16(20-17(2,3)4)19-12-11-13-7-9-14(10-8-13)15(21)22-5;/h7-10H,6,11-12H2,1-5H3,(H2,18,19,20);1H. The lowest BCUT2D eigenvalue weighted by molar-refractivity contribution is 0.0600. The maximum Gasteiger partial charge on any atom is 0.337 e. The van der Waals surface area contributed by atoms with E-state index >= 15 is 0 Å². The minimum atomic E-state index is -0.312. The lowest BCUT2D eigenvalue weighted by atomic mass is 10.1. The van der Waals surface area contributed by atoms with E-state index in [2.05, 4.69) is 41.1 Å². The van der Waals surface area contributed by atoms with Crippen LogP contribution in [0.3, 0.4) is 0 Å². The quantitative estimate of drug-likeness (QED) is 0.325. The van der Waals surface area contributed by atoms with Crippen LogP contribution in [0.1, 0.15) is 43.6 Å². The number of nitrogens with zero attached hydrogens (tertiary/aromatic N) is 1. The van der Waals surface area contributed by atoms with Crippen LogP contribution in [0.25, 0.3) is 0 Å². The number of guanidine groups is 1. The van der Waals surface area contributed by atoms with Gasteiger partial charge in [0.15, 0.2) is 5.96 Å². The molecule has 5 nitrogen and oxygen atoms in total. The summed E-state index contributed by atoms with van der Waals surface area (Å²) >= 11 is 0. The molecule has 0 spiro atoms. The molecule has 0 radical (unpaired) electrons. The van der Waals surface area contributed by atoms with Gasteiger partial charge in [-0.1, -0.05) is 12.1 Å². The number of hydrogen-bond acceptors (Lipinski definition) is 3. The predicted molar refractivity (Wildman–Crippen MR) is 106 cm³/mol. The van der Waals surface area contributed by atoms with Gasteiger partial charge in [0.1, 0.15) is 0 Å². The first kappa shape index (κ1) is 21.7. The Labute approximate surface area is 156 Å². The van der Waals surface area contributed by atoms with Gasteiger partial charge in [-0.3, -0.25) is 4.99 Å². The average molecular weight is 433 g/mol. The second-order valence-electron chi connectivity index (χ2n) is 6.07. The topological polar surface area (TPSA) is 62.7 Å². The zero-order valence-electron chi connectivity index (χ0n) is 14.6. The summed E-state index contributed by atoms with van der Waals surface area (Å²) in [4.78, 5) is 15.9. The Morgan fingerprint density at radius 1 is 1.22 bits per heavy atom. The number of carbonyl (C=O) groups excluding carboxylic acids is 1. The molecule has 23 heavy (non-hydrogen) atoms. The third kappa shape index (κ3) is 8.78. The molecule has 0 aliphatic heterocycles. The Morgan fingerprint density at radius 3 is 2.30 bits per heavy atom. The molecule has 0 saturated heterocycles. The van der Waals surface area contributed by atoms with Crippen LogP contribution in [-0.4, -0.2) is 37.7 Å². The fraction of sp³-hybridized carbons (Fsp3) is 0.529. The number of aliphatic imine (C=N–C) groups is 1. The van der Waals surface area contributed by atoms with Gasteiger partial charge >= 0.3 is 5.97 Å². The highest BCUT2D eigenvalue weighted by atomic mass is 127. The molecule has 0 atom stereocenters. The summed E-state index contributed by atoms with van der Waals surface area (Å²) in [7, 11) is 1.38. The molecular formula is C17H28IN3O2. The maximum absolute atomic E-state index is 11.4. The summed E-state index contributed by atoms with van der Waals surface area (Å²) in [6, 6.07) is 7.44. The van der Waals surface area contributed by atoms with Crippen LogP contribution < -0.4 is 10.6 Å². The van der Waals surface area contributed by atoms with Crippen molar-refractivity contribution in [2.75, 3.05) is 20.2 Å². The average Bonchev–Trinajstić information content (AvgIpc) is 2.46. The lowest BCUT2D eigenvalue weighted by Gasteiger charge is -2.23. The number of rotatable bonds is 5. The predicted octanol–water partition coefficient (Wildman–Crippen LogP) is 2.99. The van der Waals surface area contributed by atoms with E-state index in [0.717, 1.165) is 24.5 Å². The van der Waals surface area contributed by atoms with Gasteiger partial charge in [-0.2, -0.15) is 0 Å². The molecule has 0 fully saturated rings. The Morgan fingerprint density at radius 2 is 1.83 bits per heavy atom. The normalized spacial score (nSPS) is 11.4. The number of methoxy groups -OCH3 is 1. The minimum Gasteiger partial charge on any atom is -0.465 e. The van der Waals surface area contributed by atoms with E-state index in [1.807, 2.05) is 19.1 Å². The van der Waals surface area contributed by atoms with Crippen molar-refractivity contribution in [1.29, 1.82) is 0 Å². The molecule has 2 N–H and O–H groups in total. The van der Waals surface area contributed by atoms with Crippen molar-refractivity contribution >= 4 is 35.9 Å². The SMILES string of the molecule is CCNC(=NCCc1ccc(C(=O)OC)cc1)NC(C)(C)C.I. The molecule has 0 bridgehead atoms. The molecule has 0 amide bonds. The van der Waals surface area contributed by atoms with Crippen molar-refractivity contribution in [3.05, 3.63) is 35.4 Å². The molecule has 1 aromatic carbocycles. The number of ether oxygens (including phenoxy) is 1. The fourth-order valence-electron chi connectivity index (χ4n) is 1.88. The third-order valence-corrected chi connectivity index (χ3v) is 2.88. The van der Waals surface area contributed by atoms with E-state index in [1.165, 1.54) is 7.11 Å². The highest BCUT2D eigenvalue weighted by Crippen LogP contribution is 2.06. The highest BCUT2D eigenvalue weighted by molar-refractivity contribution is 14.0. The summed E-state index contributed by atoms with van der Waals surface area (Å²) in [5.74, 6) is 0.509. The minimum absolute atomic E-state index is 0. The first-order chi connectivity index (χ1) is 10.4. The van der Waals surface area contributed by atoms with Crippen LogP contribution in [0.4, 0.5) is 0 Å². The molecule has 1 aromatic rings. The summed E-state index contributed by atoms with van der Waals surface area (Å²) in [6.45, 7) is 9.87.